The Labute approximate surface area is 356 Å². The van der Waals surface area contributed by atoms with Gasteiger partial charge in [0.15, 0.2) is 0 Å². The number of nitrogens with one attached hydrogen (secondary N) is 1. The molecule has 0 aliphatic rings. The third-order valence-electron chi connectivity index (χ3n) is 12.5. The monoisotopic (exact) mass is 842 g/mol. The minimum Gasteiger partial charge on any atom is -0.394 e. The number of aliphatic hydroxyl groups is 6. The Bertz CT molecular complexity index is 1240. The fourth-order valence-electron chi connectivity index (χ4n) is 7.31. The van der Waals surface area contributed by atoms with E-state index in [1.165, 1.54) is 0 Å². The van der Waals surface area contributed by atoms with Gasteiger partial charge in [0.05, 0.1) is 48.9 Å². The number of ether oxygens (including phenoxy) is 1. The zero-order valence-electron chi connectivity index (χ0n) is 38.1. The van der Waals surface area contributed by atoms with Gasteiger partial charge in [-0.3, -0.25) is 14.3 Å². The third-order valence-corrected chi connectivity index (χ3v) is 12.5. The van der Waals surface area contributed by atoms with E-state index in [1.807, 2.05) is 52.4 Å². The molecule has 2 amide bonds. The van der Waals surface area contributed by atoms with Crippen LogP contribution in [0.3, 0.4) is 0 Å². The molecule has 9 N–H and O–H groups in total. The van der Waals surface area contributed by atoms with E-state index in [0.717, 1.165) is 63.6 Å². The van der Waals surface area contributed by atoms with Gasteiger partial charge in [0.2, 0.25) is 11.8 Å². The molecule has 0 saturated carbocycles. The largest absolute Gasteiger partial charge is 0.394 e. The summed E-state index contributed by atoms with van der Waals surface area (Å²) in [4.78, 5) is 23.2. The topological polar surface area (TPSA) is 234 Å². The van der Waals surface area contributed by atoms with Crippen LogP contribution in [0.25, 0.3) is 0 Å². The van der Waals surface area contributed by atoms with E-state index < -0.39 is 36.9 Å². The maximum absolute atomic E-state index is 12.0. The second-order valence-corrected chi connectivity index (χ2v) is 18.5. The van der Waals surface area contributed by atoms with Gasteiger partial charge in [-0.15, -0.1) is 5.10 Å². The van der Waals surface area contributed by atoms with Crippen molar-refractivity contribution >= 4 is 11.8 Å². The quantitative estimate of drug-likeness (QED) is 0.0416. The Morgan fingerprint density at radius 2 is 1.14 bits per heavy atom. The summed E-state index contributed by atoms with van der Waals surface area (Å²) in [5.41, 5.74) is 5.94. The number of nitrogens with two attached hydrogens (primary N) is 1. The van der Waals surface area contributed by atoms with Gasteiger partial charge in [-0.1, -0.05) is 73.4 Å². The predicted molar refractivity (Wildman–Crippen MR) is 232 cm³/mol. The first-order chi connectivity index (χ1) is 27.9. The summed E-state index contributed by atoms with van der Waals surface area (Å²) >= 11 is 0. The van der Waals surface area contributed by atoms with Crippen LogP contribution in [0.2, 0.25) is 0 Å². The molecule has 0 fully saturated rings. The highest BCUT2D eigenvalue weighted by molar-refractivity contribution is 5.86. The highest BCUT2D eigenvalue weighted by Crippen LogP contribution is 2.27. The van der Waals surface area contributed by atoms with Crippen molar-refractivity contribution in [2.45, 2.75) is 214 Å². The first-order valence-corrected chi connectivity index (χ1v) is 23.0. The molecule has 0 saturated heterocycles. The van der Waals surface area contributed by atoms with Gasteiger partial charge in [0.25, 0.3) is 0 Å². The third kappa shape index (κ3) is 24.1. The fourth-order valence-corrected chi connectivity index (χ4v) is 7.31. The Hall–Kier alpha value is -2.20. The molecule has 0 bridgehead atoms. The van der Waals surface area contributed by atoms with Crippen LogP contribution < -0.4 is 11.1 Å². The number of rotatable bonds is 36. The molecule has 0 spiro atoms. The molecule has 346 valence electrons. The maximum atomic E-state index is 12.0. The number of unbranched alkanes of at least 4 members (excludes halogenated alkanes) is 3. The van der Waals surface area contributed by atoms with E-state index >= 15 is 0 Å². The Balaban J connectivity index is 2.60. The molecule has 59 heavy (non-hydrogen) atoms. The van der Waals surface area contributed by atoms with Crippen molar-refractivity contribution in [2.75, 3.05) is 13.2 Å². The molecule has 1 rings (SSSR count). The molecule has 10 unspecified atom stereocenters. The van der Waals surface area contributed by atoms with Crippen molar-refractivity contribution in [1.82, 2.24) is 20.3 Å². The molecule has 11 atom stereocenters. The number of primary amides is 1. The summed E-state index contributed by atoms with van der Waals surface area (Å²) in [5, 5.41) is 73.3. The van der Waals surface area contributed by atoms with Crippen LogP contribution in [0.15, 0.2) is 6.20 Å². The molecule has 1 aromatic heterocycles. The standard InChI is InChI=1S/C45H87N5O9/c1-30(2)38(52)20-16-32(5)40(54)22-18-34(7)42(56)24-25-43(35(8)19-23-41(55)33(6)17-21-39(53)31(3)4)59-27-12-10-9-11-26-50-28-36(48-49-50)14-13-15-44(57)47-37(29-51)45(46)58/h28,30-35,37-43,51-56H,9-27,29H2,1-8H3,(H2,46,58)(H,47,57)/t32?,33?,34?,35?,37-,38?,39?,40?,41?,42?,43?/m0/s1. The summed E-state index contributed by atoms with van der Waals surface area (Å²) in [6.07, 6.45) is 11.8. The molecule has 14 nitrogen and oxygen atoms in total. The number of nitrogens with zero attached hydrogens (tertiary/aromatic N) is 3. The van der Waals surface area contributed by atoms with Crippen LogP contribution in [-0.2, 0) is 27.3 Å². The van der Waals surface area contributed by atoms with Crippen molar-refractivity contribution in [1.29, 1.82) is 0 Å². The molecule has 0 radical (unpaired) electrons. The Morgan fingerprint density at radius 1 is 0.661 bits per heavy atom. The predicted octanol–water partition coefficient (Wildman–Crippen LogP) is 5.07. The average molecular weight is 842 g/mol. The lowest BCUT2D eigenvalue weighted by molar-refractivity contribution is -0.128. The lowest BCUT2D eigenvalue weighted by Gasteiger charge is -2.29. The van der Waals surface area contributed by atoms with Crippen molar-refractivity contribution < 1.29 is 45.0 Å². The SMILES string of the molecule is CC(C)C(O)CCC(C)C(O)CCC(C)C(O)CCC(OCCCCCCn1cc(CCCC(=O)N[C@@H](CO)C(N)=O)nn1)C(C)CCC(O)C(C)CCC(O)C(C)C. The number of aryl methyl sites for hydroxylation is 2. The summed E-state index contributed by atoms with van der Waals surface area (Å²) in [5.74, 6) is -0.330. The van der Waals surface area contributed by atoms with Crippen molar-refractivity contribution in [3.8, 4) is 0 Å². The molecule has 14 heteroatoms. The molecule has 0 aliphatic carbocycles. The van der Waals surface area contributed by atoms with Crippen molar-refractivity contribution in [2.24, 2.45) is 41.2 Å². The van der Waals surface area contributed by atoms with Crippen LogP contribution in [-0.4, -0.2) is 113 Å². The maximum Gasteiger partial charge on any atom is 0.242 e. The summed E-state index contributed by atoms with van der Waals surface area (Å²) in [7, 11) is 0. The van der Waals surface area contributed by atoms with E-state index in [9.17, 15) is 35.1 Å². The van der Waals surface area contributed by atoms with Crippen LogP contribution in [0.5, 0.6) is 0 Å². The number of carbonyl (C=O) groups is 2. The molecule has 0 aromatic carbocycles. The summed E-state index contributed by atoms with van der Waals surface area (Å²) in [6, 6.07) is -1.08. The number of hydrogen-bond acceptors (Lipinski definition) is 11. The van der Waals surface area contributed by atoms with Gasteiger partial charge in [0.1, 0.15) is 6.04 Å². The molecular weight excluding hydrogens is 755 g/mol. The van der Waals surface area contributed by atoms with Crippen LogP contribution in [0.1, 0.15) is 164 Å². The number of amides is 2. The highest BCUT2D eigenvalue weighted by atomic mass is 16.5. The smallest absolute Gasteiger partial charge is 0.242 e. The molecule has 1 heterocycles. The minimum absolute atomic E-state index is 0.0283. The lowest BCUT2D eigenvalue weighted by atomic mass is 9.86. The Kier molecular flexibility index (Phi) is 28.6. The zero-order chi connectivity index (χ0) is 44.5. The number of hydrogen-bond donors (Lipinski definition) is 8. The van der Waals surface area contributed by atoms with Gasteiger partial charge in [-0.25, -0.2) is 0 Å². The minimum atomic E-state index is -1.08. The van der Waals surface area contributed by atoms with Gasteiger partial charge >= 0.3 is 0 Å². The van der Waals surface area contributed by atoms with Crippen LogP contribution in [0.4, 0.5) is 0 Å². The normalized spacial score (nSPS) is 17.8. The molecular formula is C45H87N5O9. The van der Waals surface area contributed by atoms with Crippen molar-refractivity contribution in [3.05, 3.63) is 11.9 Å². The molecule has 1 aromatic rings. The lowest BCUT2D eigenvalue weighted by Crippen LogP contribution is -2.46. The van der Waals surface area contributed by atoms with E-state index in [-0.39, 0.29) is 66.1 Å². The van der Waals surface area contributed by atoms with Crippen LogP contribution in [0, 0.1) is 35.5 Å². The van der Waals surface area contributed by atoms with E-state index in [1.54, 1.807) is 0 Å². The average Bonchev–Trinajstić information content (AvgIpc) is 3.65. The van der Waals surface area contributed by atoms with Gasteiger partial charge in [-0.2, -0.15) is 0 Å². The number of carbonyl (C=O) groups excluding carboxylic acids is 2. The first kappa shape index (κ1) is 54.8. The molecule has 0 aliphatic heterocycles. The number of aromatic nitrogens is 3. The fraction of sp³-hybridized carbons (Fsp3) is 0.911. The van der Waals surface area contributed by atoms with Crippen LogP contribution >= 0.6 is 0 Å². The summed E-state index contributed by atoms with van der Waals surface area (Å²) in [6.45, 7) is 17.1. The second kappa shape index (κ2) is 30.8. The Morgan fingerprint density at radius 3 is 1.63 bits per heavy atom. The summed E-state index contributed by atoms with van der Waals surface area (Å²) < 4.78 is 8.32. The second-order valence-electron chi connectivity index (χ2n) is 18.5. The van der Waals surface area contributed by atoms with Crippen molar-refractivity contribution in [3.63, 3.8) is 0 Å². The van der Waals surface area contributed by atoms with Gasteiger partial charge in [0, 0.05) is 25.8 Å². The van der Waals surface area contributed by atoms with Gasteiger partial charge in [-0.05, 0) is 125 Å². The number of aliphatic hydroxyl groups excluding tert-OH is 6. The van der Waals surface area contributed by atoms with E-state index in [0.29, 0.717) is 58.0 Å². The van der Waals surface area contributed by atoms with E-state index in [2.05, 4.69) is 29.5 Å². The first-order valence-electron chi connectivity index (χ1n) is 23.0. The zero-order valence-corrected chi connectivity index (χ0v) is 38.1. The van der Waals surface area contributed by atoms with Gasteiger partial charge < -0.3 is 46.4 Å². The van der Waals surface area contributed by atoms with E-state index in [4.69, 9.17) is 15.6 Å². The highest BCUT2D eigenvalue weighted by Gasteiger charge is 2.26.